The number of oxime groups is 2. The predicted octanol–water partition coefficient (Wildman–Crippen LogP) is 4.07. The number of carbonyl (C=O) groups is 1. The molecule has 2 aromatic carbocycles. The maximum absolute atomic E-state index is 12.1. The van der Waals surface area contributed by atoms with Crippen molar-refractivity contribution in [3.8, 4) is 11.8 Å². The van der Waals surface area contributed by atoms with Crippen LogP contribution in [0.3, 0.4) is 0 Å². The van der Waals surface area contributed by atoms with Gasteiger partial charge in [0.2, 0.25) is 0 Å². The molecule has 0 saturated carbocycles. The lowest BCUT2D eigenvalue weighted by molar-refractivity contribution is -0.132. The van der Waals surface area contributed by atoms with Crippen LogP contribution in [0.4, 0.5) is 0 Å². The molecule has 0 N–H and O–H groups in total. The zero-order valence-corrected chi connectivity index (χ0v) is 18.8. The molecule has 0 aliphatic heterocycles. The predicted molar refractivity (Wildman–Crippen MR) is 121 cm³/mol. The summed E-state index contributed by atoms with van der Waals surface area (Å²) in [5.74, 6) is 5.42. The largest absolute Gasteiger partial charge is 0.464 e. The van der Waals surface area contributed by atoms with Gasteiger partial charge < -0.3 is 14.4 Å². The van der Waals surface area contributed by atoms with E-state index in [1.54, 1.807) is 13.0 Å². The first kappa shape index (κ1) is 22.4. The standard InChI is InChI=1S/C22H21IN2O4/c1-15-7-5-10-19(21(25-28-4)22(26)27-3)20(15)14-29-24-16(2)11-12-17-8-6-9-18(23)13-17/h5-10,13H,14H2,1-4H3/b24-16+,25-21+. The van der Waals surface area contributed by atoms with Crippen LogP contribution in [0.2, 0.25) is 0 Å². The molecule has 0 fully saturated rings. The van der Waals surface area contributed by atoms with Gasteiger partial charge in [-0.3, -0.25) is 0 Å². The lowest BCUT2D eigenvalue weighted by Gasteiger charge is -2.12. The molecule has 6 nitrogen and oxygen atoms in total. The maximum Gasteiger partial charge on any atom is 0.360 e. The highest BCUT2D eigenvalue weighted by Crippen LogP contribution is 2.18. The van der Waals surface area contributed by atoms with Crippen molar-refractivity contribution in [2.45, 2.75) is 20.5 Å². The minimum atomic E-state index is -0.596. The number of aryl methyl sites for hydroxylation is 1. The summed E-state index contributed by atoms with van der Waals surface area (Å²) in [6.45, 7) is 3.83. The Morgan fingerprint density at radius 1 is 1.14 bits per heavy atom. The van der Waals surface area contributed by atoms with Crippen molar-refractivity contribution in [2.75, 3.05) is 14.2 Å². The summed E-state index contributed by atoms with van der Waals surface area (Å²) in [6, 6.07) is 13.4. The van der Waals surface area contributed by atoms with Gasteiger partial charge in [-0.2, -0.15) is 0 Å². The lowest BCUT2D eigenvalue weighted by atomic mass is 9.99. The molecule has 0 saturated heterocycles. The molecule has 0 spiro atoms. The number of nitrogens with zero attached hydrogens (tertiary/aromatic N) is 2. The van der Waals surface area contributed by atoms with E-state index in [9.17, 15) is 4.79 Å². The molecule has 0 aromatic heterocycles. The van der Waals surface area contributed by atoms with Crippen molar-refractivity contribution in [1.29, 1.82) is 0 Å². The van der Waals surface area contributed by atoms with Crippen LogP contribution in [-0.4, -0.2) is 31.6 Å². The second kappa shape index (κ2) is 11.2. The fourth-order valence-electron chi connectivity index (χ4n) is 2.45. The minimum absolute atomic E-state index is 0.0662. The molecule has 29 heavy (non-hydrogen) atoms. The van der Waals surface area contributed by atoms with E-state index < -0.39 is 5.97 Å². The number of ether oxygens (including phenoxy) is 1. The number of esters is 1. The topological polar surface area (TPSA) is 69.5 Å². The zero-order valence-electron chi connectivity index (χ0n) is 16.7. The Balaban J connectivity index is 2.19. The van der Waals surface area contributed by atoms with Crippen molar-refractivity contribution in [2.24, 2.45) is 10.3 Å². The van der Waals surface area contributed by atoms with E-state index in [1.165, 1.54) is 14.2 Å². The summed E-state index contributed by atoms with van der Waals surface area (Å²) < 4.78 is 5.92. The van der Waals surface area contributed by atoms with Crippen LogP contribution in [0.5, 0.6) is 0 Å². The molecule has 0 aliphatic carbocycles. The smallest absolute Gasteiger partial charge is 0.360 e. The number of halogens is 1. The summed E-state index contributed by atoms with van der Waals surface area (Å²) in [5.41, 5.74) is 3.76. The third-order valence-corrected chi connectivity index (χ3v) is 4.52. The summed E-state index contributed by atoms with van der Waals surface area (Å²) in [4.78, 5) is 22.4. The Labute approximate surface area is 184 Å². The Kier molecular flexibility index (Phi) is 8.68. The molecule has 0 bridgehead atoms. The number of carbonyl (C=O) groups excluding carboxylic acids is 1. The van der Waals surface area contributed by atoms with E-state index in [4.69, 9.17) is 14.4 Å². The van der Waals surface area contributed by atoms with Gasteiger partial charge in [0, 0.05) is 20.3 Å². The van der Waals surface area contributed by atoms with Gasteiger partial charge in [0.25, 0.3) is 0 Å². The van der Waals surface area contributed by atoms with Crippen LogP contribution in [0, 0.1) is 22.3 Å². The van der Waals surface area contributed by atoms with Gasteiger partial charge >= 0.3 is 5.97 Å². The molecule has 7 heteroatoms. The quantitative estimate of drug-likeness (QED) is 0.196. The monoisotopic (exact) mass is 504 g/mol. The van der Waals surface area contributed by atoms with Gasteiger partial charge in [0.1, 0.15) is 19.4 Å². The van der Waals surface area contributed by atoms with E-state index in [0.717, 1.165) is 20.3 Å². The molecule has 2 rings (SSSR count). The molecule has 150 valence electrons. The van der Waals surface area contributed by atoms with Gasteiger partial charge in [-0.15, -0.1) is 0 Å². The van der Waals surface area contributed by atoms with E-state index in [0.29, 0.717) is 11.3 Å². The van der Waals surface area contributed by atoms with E-state index in [1.807, 2.05) is 43.3 Å². The first-order chi connectivity index (χ1) is 14.0. The highest BCUT2D eigenvalue weighted by Gasteiger charge is 2.20. The summed E-state index contributed by atoms with van der Waals surface area (Å²) >= 11 is 2.24. The molecule has 0 atom stereocenters. The van der Waals surface area contributed by atoms with Gasteiger partial charge in [-0.05, 0) is 66.1 Å². The third kappa shape index (κ3) is 6.61. The van der Waals surface area contributed by atoms with Crippen molar-refractivity contribution >= 4 is 40.0 Å². The SMILES string of the molecule is CO/N=C(/C(=O)OC)c1cccc(C)c1CO/N=C(\C)C#Cc1cccc(I)c1. The Morgan fingerprint density at radius 3 is 2.59 bits per heavy atom. The number of benzene rings is 2. The van der Waals surface area contributed by atoms with Crippen LogP contribution in [0.25, 0.3) is 0 Å². The van der Waals surface area contributed by atoms with Crippen molar-refractivity contribution in [1.82, 2.24) is 0 Å². The van der Waals surface area contributed by atoms with E-state index in [2.05, 4.69) is 44.7 Å². The third-order valence-electron chi connectivity index (χ3n) is 3.85. The molecule has 2 aromatic rings. The summed E-state index contributed by atoms with van der Waals surface area (Å²) in [7, 11) is 2.66. The normalized spacial score (nSPS) is 11.3. The second-order valence-corrected chi connectivity index (χ2v) is 7.17. The summed E-state index contributed by atoms with van der Waals surface area (Å²) in [5, 5.41) is 7.87. The van der Waals surface area contributed by atoms with Crippen LogP contribution in [-0.2, 0) is 25.8 Å². The Bertz CT molecular complexity index is 1000. The molecule has 0 radical (unpaired) electrons. The molecular weight excluding hydrogens is 483 g/mol. The second-order valence-electron chi connectivity index (χ2n) is 5.93. The fraction of sp³-hybridized carbons (Fsp3) is 0.227. The van der Waals surface area contributed by atoms with Crippen LogP contribution < -0.4 is 0 Å². The van der Waals surface area contributed by atoms with Crippen molar-refractivity contribution in [3.63, 3.8) is 0 Å². The highest BCUT2D eigenvalue weighted by molar-refractivity contribution is 14.1. The van der Waals surface area contributed by atoms with Crippen LogP contribution in [0.15, 0.2) is 52.8 Å². The Hall–Kier alpha value is -2.86. The van der Waals surface area contributed by atoms with Gasteiger partial charge in [-0.25, -0.2) is 4.79 Å². The molecule has 0 aliphatic rings. The van der Waals surface area contributed by atoms with E-state index >= 15 is 0 Å². The van der Waals surface area contributed by atoms with Crippen molar-refractivity contribution in [3.05, 3.63) is 68.3 Å². The van der Waals surface area contributed by atoms with Gasteiger partial charge in [0.15, 0.2) is 5.71 Å². The molecule has 0 heterocycles. The molecule has 0 unspecified atom stereocenters. The van der Waals surface area contributed by atoms with E-state index in [-0.39, 0.29) is 12.3 Å². The Morgan fingerprint density at radius 2 is 1.90 bits per heavy atom. The zero-order chi connectivity index (χ0) is 21.2. The highest BCUT2D eigenvalue weighted by atomic mass is 127. The number of rotatable bonds is 6. The first-order valence-corrected chi connectivity index (χ1v) is 9.76. The number of methoxy groups -OCH3 is 1. The molecular formula is C22H21IN2O4. The van der Waals surface area contributed by atoms with Crippen molar-refractivity contribution < 1.29 is 19.2 Å². The lowest BCUT2D eigenvalue weighted by Crippen LogP contribution is -2.20. The van der Waals surface area contributed by atoms with Crippen LogP contribution >= 0.6 is 22.6 Å². The van der Waals surface area contributed by atoms with Gasteiger partial charge in [0.05, 0.1) is 7.11 Å². The maximum atomic E-state index is 12.1. The summed E-state index contributed by atoms with van der Waals surface area (Å²) in [6.07, 6.45) is 0. The minimum Gasteiger partial charge on any atom is -0.464 e. The number of hydrogen-bond donors (Lipinski definition) is 0. The van der Waals surface area contributed by atoms with Crippen LogP contribution in [0.1, 0.15) is 29.2 Å². The fourth-order valence-corrected chi connectivity index (χ4v) is 2.99. The molecule has 0 amide bonds. The average Bonchev–Trinajstić information content (AvgIpc) is 2.71. The van der Waals surface area contributed by atoms with Gasteiger partial charge in [-0.1, -0.05) is 40.5 Å². The first-order valence-electron chi connectivity index (χ1n) is 8.68. The average molecular weight is 504 g/mol. The number of hydrogen-bond acceptors (Lipinski definition) is 6.